The molecule has 376 valence electrons. The Kier molecular flexibility index (Phi) is 26.6. The number of carbonyl (C=O) groups is 10. The molecule has 25 heteroatoms. The molecule has 68 heavy (non-hydrogen) atoms. The maximum Gasteiger partial charge on any atom is 0.490 e. The number of hydrogen-bond acceptors (Lipinski definition) is 12. The molecule has 15 N–H and O–H groups in total. The summed E-state index contributed by atoms with van der Waals surface area (Å²) in [7, 11) is 0. The number of nitrogens with two attached hydrogens (primary N) is 4. The molecule has 0 saturated heterocycles. The molecule has 0 radical (unpaired) electrons. The standard InChI is InChI=1S/C41H60N10O9S.C2HF3O2/c1-24(2)20-30(40(59)48-28(36(45)55)18-19-61-3)47-35(54)23-46-38(57)31(21-25-10-6-4-7-11-25)50-41(60)32(22-26-12-8-5-9-13-26)51-39(58)29(15-17-34(44)53)49-37(56)27(42)14-16-33(43)52;3-2(4,5)1(6)7/h4-13,24,27-32H,14-23,42H2,1-3H3,(H2,43,52)(H2,44,53)(H2,45,55)(H,46,57)(H,47,54)(H,48,59)(H,49,56)(H,50,60)(H,51,58);(H,6,7)/t27-,28-,29-,30-,31-,32-;/m0./s1. The minimum absolute atomic E-state index is 0.0323. The molecule has 0 aromatic heterocycles. The summed E-state index contributed by atoms with van der Waals surface area (Å²) in [6, 6.07) is 10.1. The van der Waals surface area contributed by atoms with Gasteiger partial charge in [-0.1, -0.05) is 74.5 Å². The van der Waals surface area contributed by atoms with Crippen molar-refractivity contribution in [2.24, 2.45) is 28.9 Å². The van der Waals surface area contributed by atoms with Gasteiger partial charge in [-0.15, -0.1) is 0 Å². The largest absolute Gasteiger partial charge is 0.490 e. The van der Waals surface area contributed by atoms with E-state index in [1.165, 1.54) is 11.8 Å². The molecule has 9 amide bonds. The third kappa shape index (κ3) is 24.7. The lowest BCUT2D eigenvalue weighted by molar-refractivity contribution is -0.192. The van der Waals surface area contributed by atoms with Crippen molar-refractivity contribution in [2.45, 2.75) is 108 Å². The number of aliphatic carboxylic acids is 1. The number of thioether (sulfide) groups is 1. The Bertz CT molecular complexity index is 2020. The molecule has 0 aliphatic carbocycles. The third-order valence-electron chi connectivity index (χ3n) is 9.48. The number of primary amides is 3. The van der Waals surface area contributed by atoms with Gasteiger partial charge >= 0.3 is 12.1 Å². The summed E-state index contributed by atoms with van der Waals surface area (Å²) in [4.78, 5) is 125. The number of rotatable bonds is 28. The first-order chi connectivity index (χ1) is 31.8. The first-order valence-electron chi connectivity index (χ1n) is 21.1. The Hall–Kier alpha value is -6.76. The summed E-state index contributed by atoms with van der Waals surface area (Å²) in [5.74, 6) is -8.95. The lowest BCUT2D eigenvalue weighted by Gasteiger charge is -2.26. The van der Waals surface area contributed by atoms with Crippen LogP contribution in [0.3, 0.4) is 0 Å². The molecule has 0 bridgehead atoms. The van der Waals surface area contributed by atoms with Crippen molar-refractivity contribution < 1.29 is 66.2 Å². The second-order valence-corrected chi connectivity index (χ2v) is 16.7. The molecule has 0 aliphatic rings. The first kappa shape index (κ1) is 59.3. The molecule has 2 aromatic carbocycles. The third-order valence-corrected chi connectivity index (χ3v) is 10.1. The highest BCUT2D eigenvalue weighted by Crippen LogP contribution is 2.13. The molecular weight excluding hydrogens is 922 g/mol. The van der Waals surface area contributed by atoms with Crippen molar-refractivity contribution in [3.05, 3.63) is 71.8 Å². The van der Waals surface area contributed by atoms with E-state index in [-0.39, 0.29) is 50.9 Å². The highest BCUT2D eigenvalue weighted by molar-refractivity contribution is 7.98. The maximum absolute atomic E-state index is 14.1. The molecule has 21 nitrogen and oxygen atoms in total. The topological polar surface area (TPSA) is 367 Å². The van der Waals surface area contributed by atoms with E-state index in [1.54, 1.807) is 60.7 Å². The maximum atomic E-state index is 14.1. The number of carboxylic acids is 1. The fourth-order valence-corrected chi connectivity index (χ4v) is 6.43. The van der Waals surface area contributed by atoms with E-state index in [0.717, 1.165) is 0 Å². The molecule has 0 saturated carbocycles. The highest BCUT2D eigenvalue weighted by atomic mass is 32.2. The second kappa shape index (κ2) is 30.5. The number of benzene rings is 2. The second-order valence-electron chi connectivity index (χ2n) is 15.7. The predicted octanol–water partition coefficient (Wildman–Crippen LogP) is -1.21. The molecule has 6 atom stereocenters. The van der Waals surface area contributed by atoms with E-state index in [4.69, 9.17) is 32.8 Å². The normalized spacial score (nSPS) is 13.6. The van der Waals surface area contributed by atoms with E-state index < -0.39 is 108 Å². The summed E-state index contributed by atoms with van der Waals surface area (Å²) in [6.07, 6.45) is -3.69. The monoisotopic (exact) mass is 982 g/mol. The van der Waals surface area contributed by atoms with Gasteiger partial charge in [0.05, 0.1) is 12.6 Å². The number of carbonyl (C=O) groups excluding carboxylic acids is 9. The molecular formula is C43H61F3N10O11S. The molecule has 0 aliphatic heterocycles. The van der Waals surface area contributed by atoms with Gasteiger partial charge in [0.15, 0.2) is 0 Å². The van der Waals surface area contributed by atoms with Crippen LogP contribution >= 0.6 is 11.8 Å². The van der Waals surface area contributed by atoms with Crippen molar-refractivity contribution in [2.75, 3.05) is 18.6 Å². The van der Waals surface area contributed by atoms with Gasteiger partial charge < -0.3 is 59.9 Å². The van der Waals surface area contributed by atoms with Gasteiger partial charge in [-0.2, -0.15) is 24.9 Å². The Labute approximate surface area is 394 Å². The summed E-state index contributed by atoms with van der Waals surface area (Å²) in [6.45, 7) is 3.11. The van der Waals surface area contributed by atoms with Crippen LogP contribution in [0.25, 0.3) is 0 Å². The molecule has 2 aromatic rings. The van der Waals surface area contributed by atoms with Crippen molar-refractivity contribution in [1.29, 1.82) is 0 Å². The van der Waals surface area contributed by atoms with Crippen LogP contribution in [-0.4, -0.2) is 125 Å². The number of carboxylic acid groups (broad SMARTS) is 1. The SMILES string of the molecule is CSCC[C@H](NC(=O)[C@H](CC(C)C)NC(=O)CNC(=O)[C@H](Cc1ccccc1)NC(=O)[C@H](Cc1ccccc1)NC(=O)[C@H](CCC(N)=O)NC(=O)[C@@H](N)CCC(N)=O)C(N)=O.O=C(O)C(F)(F)F. The number of amides is 9. The van der Waals surface area contributed by atoms with Crippen LogP contribution in [0.4, 0.5) is 13.2 Å². The van der Waals surface area contributed by atoms with Crippen molar-refractivity contribution in [3.63, 3.8) is 0 Å². The molecule has 0 unspecified atom stereocenters. The summed E-state index contributed by atoms with van der Waals surface area (Å²) in [5, 5.41) is 22.6. The average molecular weight is 983 g/mol. The minimum atomic E-state index is -5.08. The zero-order valence-corrected chi connectivity index (χ0v) is 38.6. The molecule has 0 spiro atoms. The van der Waals surface area contributed by atoms with E-state index >= 15 is 0 Å². The van der Waals surface area contributed by atoms with Crippen LogP contribution in [0, 0.1) is 5.92 Å². The quantitative estimate of drug-likeness (QED) is 0.0478. The Morgan fingerprint density at radius 3 is 1.47 bits per heavy atom. The van der Waals surface area contributed by atoms with Crippen LogP contribution in [0.15, 0.2) is 60.7 Å². The number of halogens is 3. The van der Waals surface area contributed by atoms with Gasteiger partial charge in [-0.05, 0) is 54.7 Å². The van der Waals surface area contributed by atoms with Crippen LogP contribution in [0.2, 0.25) is 0 Å². The van der Waals surface area contributed by atoms with E-state index in [9.17, 15) is 56.3 Å². The minimum Gasteiger partial charge on any atom is -0.475 e. The number of nitrogens with one attached hydrogen (secondary N) is 6. The fourth-order valence-electron chi connectivity index (χ4n) is 5.96. The van der Waals surface area contributed by atoms with Crippen LogP contribution in [-0.2, 0) is 60.8 Å². The van der Waals surface area contributed by atoms with E-state index in [0.29, 0.717) is 23.3 Å². The lowest BCUT2D eigenvalue weighted by Crippen LogP contribution is -2.59. The van der Waals surface area contributed by atoms with Crippen LogP contribution in [0.1, 0.15) is 63.5 Å². The van der Waals surface area contributed by atoms with Crippen molar-refractivity contribution in [1.82, 2.24) is 31.9 Å². The van der Waals surface area contributed by atoms with Crippen molar-refractivity contribution >= 4 is 70.9 Å². The number of hydrogen-bond donors (Lipinski definition) is 11. The molecule has 0 fully saturated rings. The van der Waals surface area contributed by atoms with E-state index in [2.05, 4.69) is 31.9 Å². The summed E-state index contributed by atoms with van der Waals surface area (Å²) in [5.41, 5.74) is 23.2. The Morgan fingerprint density at radius 1 is 0.603 bits per heavy atom. The summed E-state index contributed by atoms with van der Waals surface area (Å²) >= 11 is 1.48. The lowest BCUT2D eigenvalue weighted by atomic mass is 10.0. The van der Waals surface area contributed by atoms with Gasteiger partial charge in [0.2, 0.25) is 53.2 Å². The first-order valence-corrected chi connectivity index (χ1v) is 22.5. The predicted molar refractivity (Wildman–Crippen MR) is 243 cm³/mol. The average Bonchev–Trinajstić information content (AvgIpc) is 3.26. The highest BCUT2D eigenvalue weighted by Gasteiger charge is 2.38. The van der Waals surface area contributed by atoms with Crippen molar-refractivity contribution in [3.8, 4) is 0 Å². The number of alkyl halides is 3. The summed E-state index contributed by atoms with van der Waals surface area (Å²) < 4.78 is 31.7. The Morgan fingerprint density at radius 2 is 1.03 bits per heavy atom. The van der Waals surface area contributed by atoms with Crippen LogP contribution in [0.5, 0.6) is 0 Å². The molecule has 2 rings (SSSR count). The van der Waals surface area contributed by atoms with Gasteiger partial charge in [0.1, 0.15) is 30.2 Å². The van der Waals surface area contributed by atoms with Gasteiger partial charge in [-0.25, -0.2) is 4.79 Å². The van der Waals surface area contributed by atoms with Crippen LogP contribution < -0.4 is 54.8 Å². The zero-order chi connectivity index (χ0) is 51.6. The smallest absolute Gasteiger partial charge is 0.475 e. The van der Waals surface area contributed by atoms with E-state index in [1.807, 2.05) is 20.1 Å². The zero-order valence-electron chi connectivity index (χ0n) is 37.8. The van der Waals surface area contributed by atoms with Gasteiger partial charge in [0.25, 0.3) is 0 Å². The fraction of sp³-hybridized carbons (Fsp3) is 0.488. The molecule has 0 heterocycles. The van der Waals surface area contributed by atoms with Gasteiger partial charge in [-0.3, -0.25) is 43.2 Å². The van der Waals surface area contributed by atoms with Gasteiger partial charge in [0, 0.05) is 25.7 Å². The Balaban J connectivity index is 0.00000304.